The molecule has 1 heterocycles. The largest absolute Gasteiger partial charge is 0.292 e. The Morgan fingerprint density at radius 2 is 1.76 bits per heavy atom. The van der Waals surface area contributed by atoms with Gasteiger partial charge in [0.15, 0.2) is 5.78 Å². The lowest BCUT2D eigenvalue weighted by Crippen LogP contribution is -2.11. The predicted molar refractivity (Wildman–Crippen MR) is 83.5 cm³/mol. The number of nitrogens with zero attached hydrogens (tertiary/aromatic N) is 3. The number of para-hydroxylation sites is 1. The van der Waals surface area contributed by atoms with Gasteiger partial charge in [-0.25, -0.2) is 4.68 Å². The van der Waals surface area contributed by atoms with Crippen molar-refractivity contribution in [3.8, 4) is 5.69 Å². The van der Waals surface area contributed by atoms with E-state index in [1.54, 1.807) is 4.68 Å². The molecule has 0 amide bonds. The summed E-state index contributed by atoms with van der Waals surface area (Å²) in [5.74, 6) is -0.00817. The van der Waals surface area contributed by atoms with Crippen LogP contribution in [-0.2, 0) is 6.42 Å². The van der Waals surface area contributed by atoms with Gasteiger partial charge in [0.1, 0.15) is 5.69 Å². The van der Waals surface area contributed by atoms with Gasteiger partial charge in [-0.15, -0.1) is 5.10 Å². The van der Waals surface area contributed by atoms with E-state index in [0.29, 0.717) is 12.1 Å². The molecule has 0 saturated carbocycles. The molecule has 5 heteroatoms. The molecule has 0 radical (unpaired) electrons. The second-order valence-electron chi connectivity index (χ2n) is 4.59. The summed E-state index contributed by atoms with van der Waals surface area (Å²) in [6.07, 6.45) is 1.83. The van der Waals surface area contributed by atoms with Crippen molar-refractivity contribution in [2.45, 2.75) is 6.42 Å². The maximum Gasteiger partial charge on any atom is 0.187 e. The minimum Gasteiger partial charge on any atom is -0.292 e. The maximum atomic E-state index is 12.4. The molecule has 0 aliphatic carbocycles. The molecule has 0 aliphatic heterocycles. The number of carbonyl (C=O) groups excluding carboxylic acids is 1. The predicted octanol–water partition coefficient (Wildman–Crippen LogP) is 3.46. The quantitative estimate of drug-likeness (QED) is 0.683. The molecule has 1 aromatic heterocycles. The Balaban J connectivity index is 1.86. The molecule has 0 unspecified atom stereocenters. The summed E-state index contributed by atoms with van der Waals surface area (Å²) in [6.45, 7) is 0. The van der Waals surface area contributed by atoms with Crippen molar-refractivity contribution in [3.63, 3.8) is 0 Å². The number of hydrogen-bond donors (Lipinski definition) is 0. The molecule has 3 rings (SSSR count). The van der Waals surface area contributed by atoms with Crippen molar-refractivity contribution in [3.05, 3.63) is 76.5 Å². The van der Waals surface area contributed by atoms with Gasteiger partial charge in [-0.1, -0.05) is 51.5 Å². The highest BCUT2D eigenvalue weighted by Gasteiger charge is 2.14. The molecule has 21 heavy (non-hydrogen) atoms. The normalized spacial score (nSPS) is 10.5. The zero-order valence-electron chi connectivity index (χ0n) is 11.1. The summed E-state index contributed by atoms with van der Waals surface area (Å²) < 4.78 is 2.57. The number of halogens is 1. The molecule has 0 aliphatic rings. The van der Waals surface area contributed by atoms with E-state index in [2.05, 4.69) is 26.2 Å². The second-order valence-corrected chi connectivity index (χ2v) is 5.51. The molecule has 2 aromatic carbocycles. The van der Waals surface area contributed by atoms with Gasteiger partial charge in [0.25, 0.3) is 0 Å². The van der Waals surface area contributed by atoms with E-state index in [9.17, 15) is 4.79 Å². The van der Waals surface area contributed by atoms with E-state index in [1.165, 1.54) is 6.20 Å². The molecule has 0 fully saturated rings. The summed E-state index contributed by atoms with van der Waals surface area (Å²) in [6, 6.07) is 17.2. The Kier molecular flexibility index (Phi) is 3.92. The molecule has 0 spiro atoms. The number of aromatic nitrogens is 3. The third-order valence-corrected chi connectivity index (χ3v) is 3.64. The van der Waals surface area contributed by atoms with E-state index in [0.717, 1.165) is 15.7 Å². The van der Waals surface area contributed by atoms with Crippen LogP contribution in [0.25, 0.3) is 5.69 Å². The molecule has 0 saturated heterocycles. The van der Waals surface area contributed by atoms with Gasteiger partial charge >= 0.3 is 0 Å². The molecule has 0 N–H and O–H groups in total. The maximum absolute atomic E-state index is 12.4. The number of rotatable bonds is 4. The van der Waals surface area contributed by atoms with Crippen LogP contribution in [0.5, 0.6) is 0 Å². The Bertz CT molecular complexity index is 751. The van der Waals surface area contributed by atoms with Crippen molar-refractivity contribution < 1.29 is 4.79 Å². The fourth-order valence-corrected chi connectivity index (χ4v) is 2.33. The Hall–Kier alpha value is -2.27. The minimum absolute atomic E-state index is 0.00817. The molecule has 3 aromatic rings. The third kappa shape index (κ3) is 3.08. The first-order chi connectivity index (χ1) is 10.2. The number of carbonyl (C=O) groups is 1. The van der Waals surface area contributed by atoms with Crippen LogP contribution in [0, 0.1) is 0 Å². The molecular formula is C16H12BrN3O. The minimum atomic E-state index is -0.00817. The summed E-state index contributed by atoms with van der Waals surface area (Å²) in [7, 11) is 0. The molecule has 0 atom stereocenters. The standard InChI is InChI=1S/C16H12BrN3O/c17-13-8-6-12(7-9-13)10-16(21)15-11-18-19-20(15)14-4-2-1-3-5-14/h1-9,11H,10H2. The third-order valence-electron chi connectivity index (χ3n) is 3.11. The van der Waals surface area contributed by atoms with Crippen LogP contribution < -0.4 is 0 Å². The van der Waals surface area contributed by atoms with Crippen LogP contribution in [0.2, 0.25) is 0 Å². The zero-order valence-corrected chi connectivity index (χ0v) is 12.7. The summed E-state index contributed by atoms with van der Waals surface area (Å²) >= 11 is 3.38. The fourth-order valence-electron chi connectivity index (χ4n) is 2.06. The van der Waals surface area contributed by atoms with E-state index >= 15 is 0 Å². The van der Waals surface area contributed by atoms with Crippen LogP contribution in [0.1, 0.15) is 16.1 Å². The number of Topliss-reactive ketones (excluding diaryl/α,β-unsaturated/α-hetero) is 1. The average molecular weight is 342 g/mol. The lowest BCUT2D eigenvalue weighted by Gasteiger charge is -2.05. The van der Waals surface area contributed by atoms with Gasteiger partial charge < -0.3 is 0 Å². The zero-order chi connectivity index (χ0) is 14.7. The smallest absolute Gasteiger partial charge is 0.187 e. The summed E-state index contributed by atoms with van der Waals surface area (Å²) in [5, 5.41) is 7.86. The summed E-state index contributed by atoms with van der Waals surface area (Å²) in [4.78, 5) is 12.4. The first-order valence-corrected chi connectivity index (χ1v) is 7.27. The second kappa shape index (κ2) is 6.01. The van der Waals surface area contributed by atoms with Crippen LogP contribution in [-0.4, -0.2) is 20.8 Å². The molecule has 104 valence electrons. The first-order valence-electron chi connectivity index (χ1n) is 6.48. The highest BCUT2D eigenvalue weighted by Crippen LogP contribution is 2.14. The van der Waals surface area contributed by atoms with Crippen LogP contribution in [0.15, 0.2) is 65.3 Å². The van der Waals surface area contributed by atoms with Crippen LogP contribution in [0.4, 0.5) is 0 Å². The van der Waals surface area contributed by atoms with Gasteiger partial charge in [-0.3, -0.25) is 4.79 Å². The molecule has 4 nitrogen and oxygen atoms in total. The van der Waals surface area contributed by atoms with E-state index in [4.69, 9.17) is 0 Å². The fraction of sp³-hybridized carbons (Fsp3) is 0.0625. The highest BCUT2D eigenvalue weighted by atomic mass is 79.9. The number of hydrogen-bond acceptors (Lipinski definition) is 3. The van der Waals surface area contributed by atoms with Crippen molar-refractivity contribution in [2.75, 3.05) is 0 Å². The highest BCUT2D eigenvalue weighted by molar-refractivity contribution is 9.10. The van der Waals surface area contributed by atoms with E-state index < -0.39 is 0 Å². The lowest BCUT2D eigenvalue weighted by atomic mass is 10.1. The van der Waals surface area contributed by atoms with Gasteiger partial charge in [-0.05, 0) is 29.8 Å². The van der Waals surface area contributed by atoms with Gasteiger partial charge in [0, 0.05) is 10.9 Å². The van der Waals surface area contributed by atoms with Gasteiger partial charge in [0.05, 0.1) is 11.9 Å². The van der Waals surface area contributed by atoms with Crippen molar-refractivity contribution >= 4 is 21.7 Å². The lowest BCUT2D eigenvalue weighted by molar-refractivity contribution is 0.0985. The topological polar surface area (TPSA) is 47.8 Å². The number of benzene rings is 2. The molecular weight excluding hydrogens is 330 g/mol. The number of ketones is 1. The van der Waals surface area contributed by atoms with Gasteiger partial charge in [0.2, 0.25) is 0 Å². The van der Waals surface area contributed by atoms with Crippen molar-refractivity contribution in [1.29, 1.82) is 0 Å². The summed E-state index contributed by atoms with van der Waals surface area (Å²) in [5.41, 5.74) is 2.28. The van der Waals surface area contributed by atoms with Crippen molar-refractivity contribution in [2.24, 2.45) is 0 Å². The Morgan fingerprint density at radius 1 is 1.05 bits per heavy atom. The van der Waals surface area contributed by atoms with Gasteiger partial charge in [-0.2, -0.15) is 0 Å². The van der Waals surface area contributed by atoms with Crippen LogP contribution in [0.3, 0.4) is 0 Å². The average Bonchev–Trinajstić information content (AvgIpc) is 3.00. The first kappa shape index (κ1) is 13.7. The monoisotopic (exact) mass is 341 g/mol. The van der Waals surface area contributed by atoms with Crippen molar-refractivity contribution in [1.82, 2.24) is 15.0 Å². The van der Waals surface area contributed by atoms with Crippen LogP contribution >= 0.6 is 15.9 Å². The van der Waals surface area contributed by atoms with E-state index in [-0.39, 0.29) is 5.78 Å². The molecule has 0 bridgehead atoms. The Labute approximate surface area is 130 Å². The Morgan fingerprint density at radius 3 is 2.48 bits per heavy atom. The van der Waals surface area contributed by atoms with E-state index in [1.807, 2.05) is 54.6 Å². The SMILES string of the molecule is O=C(Cc1ccc(Br)cc1)c1cnnn1-c1ccccc1.